The van der Waals surface area contributed by atoms with Crippen LogP contribution in [0.2, 0.25) is 0 Å². The lowest BCUT2D eigenvalue weighted by atomic mass is 10.2. The van der Waals surface area contributed by atoms with Crippen molar-refractivity contribution >= 4 is 7.82 Å². The van der Waals surface area contributed by atoms with Crippen molar-refractivity contribution in [1.82, 2.24) is 0 Å². The Hall–Kier alpha value is 0.110. The van der Waals surface area contributed by atoms with E-state index in [4.69, 9.17) is 9.05 Å². The molecule has 1 radical (unpaired) electrons. The van der Waals surface area contributed by atoms with E-state index in [9.17, 15) is 9.46 Å². The summed E-state index contributed by atoms with van der Waals surface area (Å²) >= 11 is 0. The molecule has 0 rings (SSSR count). The van der Waals surface area contributed by atoms with Crippen molar-refractivity contribution in [2.24, 2.45) is 0 Å². The van der Waals surface area contributed by atoms with E-state index >= 15 is 0 Å². The van der Waals surface area contributed by atoms with Gasteiger partial charge in [-0.2, -0.15) is 0 Å². The fraction of sp³-hybridized carbons (Fsp3) is 1.00. The number of rotatable bonds is 8. The molecule has 0 amide bonds. The van der Waals surface area contributed by atoms with Gasteiger partial charge in [0.05, 0.1) is 12.2 Å². The Bertz CT molecular complexity index is 190. The summed E-state index contributed by atoms with van der Waals surface area (Å²) in [5.74, 6) is 0. The van der Waals surface area contributed by atoms with E-state index in [1.54, 1.807) is 13.8 Å². The summed E-state index contributed by atoms with van der Waals surface area (Å²) in [6.45, 7) is 7.44. The summed E-state index contributed by atoms with van der Waals surface area (Å²) < 4.78 is 21.1. The van der Waals surface area contributed by atoms with E-state index in [0.29, 0.717) is 0 Å². The molecule has 15 heavy (non-hydrogen) atoms. The maximum atomic E-state index is 11.4. The lowest BCUT2D eigenvalue weighted by Crippen LogP contribution is -2.11. The van der Waals surface area contributed by atoms with E-state index in [-0.39, 0.29) is 12.2 Å². The average molecular weight is 237 g/mol. The predicted molar refractivity (Wildman–Crippen MR) is 59.2 cm³/mol. The SMILES string of the molecule is CCCC(C)OP([O])(=O)OC(C)CCC. The van der Waals surface area contributed by atoms with Crippen molar-refractivity contribution in [3.63, 3.8) is 0 Å². The van der Waals surface area contributed by atoms with Crippen LogP contribution >= 0.6 is 7.82 Å². The molecule has 0 saturated carbocycles. The minimum atomic E-state index is -4.11. The van der Waals surface area contributed by atoms with E-state index in [1.165, 1.54) is 0 Å². The minimum absolute atomic E-state index is 0.299. The van der Waals surface area contributed by atoms with Crippen LogP contribution in [0.3, 0.4) is 0 Å². The molecule has 91 valence electrons. The molecule has 0 N–H and O–H groups in total. The molecule has 0 aromatic heterocycles. The molecular formula is C10H22O4P. The summed E-state index contributed by atoms with van der Waals surface area (Å²) in [6.07, 6.45) is 2.63. The highest BCUT2D eigenvalue weighted by Gasteiger charge is 2.28. The fourth-order valence-electron chi connectivity index (χ4n) is 1.38. The molecule has 4 nitrogen and oxygen atoms in total. The van der Waals surface area contributed by atoms with Crippen LogP contribution in [0.1, 0.15) is 53.4 Å². The first kappa shape index (κ1) is 15.1. The third-order valence-corrected chi connectivity index (χ3v) is 3.24. The van der Waals surface area contributed by atoms with Gasteiger partial charge in [0.25, 0.3) is 0 Å². The van der Waals surface area contributed by atoms with Gasteiger partial charge in [-0.25, -0.2) is 4.57 Å². The van der Waals surface area contributed by atoms with Gasteiger partial charge in [-0.15, -0.1) is 4.89 Å². The average Bonchev–Trinajstić information content (AvgIpc) is 2.01. The van der Waals surface area contributed by atoms with Crippen molar-refractivity contribution in [3.05, 3.63) is 0 Å². The monoisotopic (exact) mass is 237 g/mol. The second-order valence-electron chi connectivity index (χ2n) is 3.86. The van der Waals surface area contributed by atoms with Crippen LogP contribution in [-0.2, 0) is 18.5 Å². The third kappa shape index (κ3) is 7.97. The maximum Gasteiger partial charge on any atom is 0.503 e. The third-order valence-electron chi connectivity index (χ3n) is 2.01. The highest BCUT2D eigenvalue weighted by molar-refractivity contribution is 7.47. The molecule has 5 heteroatoms. The molecule has 0 saturated heterocycles. The summed E-state index contributed by atoms with van der Waals surface area (Å²) in [4.78, 5) is 11.4. The molecule has 0 aromatic carbocycles. The molecule has 0 aliphatic heterocycles. The van der Waals surface area contributed by atoms with Crippen molar-refractivity contribution < 1.29 is 18.5 Å². The largest absolute Gasteiger partial charge is 0.503 e. The van der Waals surface area contributed by atoms with Gasteiger partial charge in [0.1, 0.15) is 0 Å². The van der Waals surface area contributed by atoms with Crippen molar-refractivity contribution in [2.45, 2.75) is 65.6 Å². The molecule has 0 spiro atoms. The van der Waals surface area contributed by atoms with Crippen LogP contribution in [0.15, 0.2) is 0 Å². The summed E-state index contributed by atoms with van der Waals surface area (Å²) in [6, 6.07) is 0. The zero-order chi connectivity index (χ0) is 11.9. The van der Waals surface area contributed by atoms with Gasteiger partial charge >= 0.3 is 7.82 Å². The van der Waals surface area contributed by atoms with Gasteiger partial charge in [0.15, 0.2) is 0 Å². The molecule has 0 aliphatic carbocycles. The Balaban J connectivity index is 4.00. The summed E-state index contributed by atoms with van der Waals surface area (Å²) in [5, 5.41) is 0. The zero-order valence-electron chi connectivity index (χ0n) is 10.1. The van der Waals surface area contributed by atoms with E-state index in [0.717, 1.165) is 25.7 Å². The van der Waals surface area contributed by atoms with Gasteiger partial charge in [0, 0.05) is 0 Å². The van der Waals surface area contributed by atoms with Crippen molar-refractivity contribution in [1.29, 1.82) is 0 Å². The van der Waals surface area contributed by atoms with Crippen molar-refractivity contribution in [3.8, 4) is 0 Å². The lowest BCUT2D eigenvalue weighted by molar-refractivity contribution is 0.0650. The molecule has 0 fully saturated rings. The normalized spacial score (nSPS) is 19.5. The lowest BCUT2D eigenvalue weighted by Gasteiger charge is -2.18. The van der Waals surface area contributed by atoms with E-state index < -0.39 is 7.82 Å². The van der Waals surface area contributed by atoms with Crippen molar-refractivity contribution in [2.75, 3.05) is 0 Å². The Morgan fingerprint density at radius 2 is 1.33 bits per heavy atom. The Labute approximate surface area is 92.6 Å². The highest BCUT2D eigenvalue weighted by atomic mass is 31.2. The summed E-state index contributed by atoms with van der Waals surface area (Å²) in [7, 11) is -4.11. The molecular weight excluding hydrogens is 215 g/mol. The van der Waals surface area contributed by atoms with Gasteiger partial charge < -0.3 is 0 Å². The van der Waals surface area contributed by atoms with Gasteiger partial charge in [-0.1, -0.05) is 26.7 Å². The van der Waals surface area contributed by atoms with Crippen LogP contribution < -0.4 is 0 Å². The topological polar surface area (TPSA) is 55.4 Å². The smallest absolute Gasteiger partial charge is 0.282 e. The van der Waals surface area contributed by atoms with Crippen LogP contribution in [-0.4, -0.2) is 12.2 Å². The number of hydrogen-bond donors (Lipinski definition) is 0. The second kappa shape index (κ2) is 7.39. The van der Waals surface area contributed by atoms with Gasteiger partial charge in [-0.05, 0) is 26.7 Å². The predicted octanol–water partition coefficient (Wildman–Crippen LogP) is 3.94. The first-order valence-electron chi connectivity index (χ1n) is 5.59. The van der Waals surface area contributed by atoms with Gasteiger partial charge in [-0.3, -0.25) is 9.05 Å². The number of hydrogen-bond acceptors (Lipinski definition) is 3. The summed E-state index contributed by atoms with van der Waals surface area (Å²) in [5.41, 5.74) is 0. The van der Waals surface area contributed by atoms with Gasteiger partial charge in [0.2, 0.25) is 0 Å². The van der Waals surface area contributed by atoms with E-state index in [1.807, 2.05) is 13.8 Å². The molecule has 2 unspecified atom stereocenters. The standard InChI is InChI=1S/C10H22O4P/c1-5-7-9(3)13-15(11,12)14-10(4)8-6-2/h9-10H,5-8H2,1-4H3. The Morgan fingerprint density at radius 1 is 1.00 bits per heavy atom. The maximum absolute atomic E-state index is 11.4. The highest BCUT2D eigenvalue weighted by Crippen LogP contribution is 2.47. The van der Waals surface area contributed by atoms with Crippen LogP contribution in [0.5, 0.6) is 0 Å². The molecule has 0 bridgehead atoms. The molecule has 0 aliphatic rings. The Morgan fingerprint density at radius 3 is 1.60 bits per heavy atom. The second-order valence-corrected chi connectivity index (χ2v) is 5.17. The quantitative estimate of drug-likeness (QED) is 0.601. The van der Waals surface area contributed by atoms with Crippen LogP contribution in [0.4, 0.5) is 0 Å². The van der Waals surface area contributed by atoms with Crippen LogP contribution in [0, 0.1) is 0 Å². The molecule has 0 heterocycles. The minimum Gasteiger partial charge on any atom is -0.282 e. The molecule has 0 aromatic rings. The molecule has 2 atom stereocenters. The Kier molecular flexibility index (Phi) is 7.45. The van der Waals surface area contributed by atoms with E-state index in [2.05, 4.69) is 0 Å². The zero-order valence-corrected chi connectivity index (χ0v) is 11.0. The first-order valence-corrected chi connectivity index (χ1v) is 7.05. The fourth-order valence-corrected chi connectivity index (χ4v) is 2.53. The first-order chi connectivity index (χ1) is 6.91. The van der Waals surface area contributed by atoms with Crippen LogP contribution in [0.25, 0.3) is 0 Å².